The van der Waals surface area contributed by atoms with E-state index in [4.69, 9.17) is 9.47 Å². The van der Waals surface area contributed by atoms with Crippen molar-refractivity contribution in [3.8, 4) is 11.5 Å². The highest BCUT2D eigenvalue weighted by atomic mass is 32.2. The summed E-state index contributed by atoms with van der Waals surface area (Å²) in [6.07, 6.45) is 0.859. The standard InChI is InChI=1S/C22H28N2O5S/c1-3-18-9-11-19(12-10-18)30(26,27)24-15-13-23(14-16-24)22(25)17-29-21-8-6-5-7-20(21)28-4-2/h5-12H,3-4,13-17H2,1-2H3. The molecule has 7 nitrogen and oxygen atoms in total. The molecule has 0 radical (unpaired) electrons. The Hall–Kier alpha value is -2.58. The van der Waals surface area contributed by atoms with Gasteiger partial charge in [-0.3, -0.25) is 4.79 Å². The highest BCUT2D eigenvalue weighted by molar-refractivity contribution is 7.89. The van der Waals surface area contributed by atoms with Gasteiger partial charge < -0.3 is 14.4 Å². The van der Waals surface area contributed by atoms with Crippen molar-refractivity contribution in [2.75, 3.05) is 39.4 Å². The van der Waals surface area contributed by atoms with Crippen LogP contribution < -0.4 is 9.47 Å². The highest BCUT2D eigenvalue weighted by Gasteiger charge is 2.30. The van der Waals surface area contributed by atoms with Crippen LogP contribution in [-0.2, 0) is 21.2 Å². The SMILES string of the molecule is CCOc1ccccc1OCC(=O)N1CCN(S(=O)(=O)c2ccc(CC)cc2)CC1. The third-order valence-electron chi connectivity index (χ3n) is 5.06. The zero-order chi connectivity index (χ0) is 21.6. The summed E-state index contributed by atoms with van der Waals surface area (Å²) in [7, 11) is -3.56. The quantitative estimate of drug-likeness (QED) is 0.641. The molecule has 0 bridgehead atoms. The van der Waals surface area contributed by atoms with Crippen molar-refractivity contribution >= 4 is 15.9 Å². The third-order valence-corrected chi connectivity index (χ3v) is 6.97. The average molecular weight is 433 g/mol. The molecule has 1 heterocycles. The number of nitrogens with zero attached hydrogens (tertiary/aromatic N) is 2. The van der Waals surface area contributed by atoms with E-state index in [9.17, 15) is 13.2 Å². The van der Waals surface area contributed by atoms with Crippen molar-refractivity contribution in [1.82, 2.24) is 9.21 Å². The predicted molar refractivity (Wildman–Crippen MR) is 114 cm³/mol. The van der Waals surface area contributed by atoms with Gasteiger partial charge in [0, 0.05) is 26.2 Å². The molecular weight excluding hydrogens is 404 g/mol. The zero-order valence-corrected chi connectivity index (χ0v) is 18.2. The number of piperazine rings is 1. The van der Waals surface area contributed by atoms with Gasteiger partial charge in [0.2, 0.25) is 10.0 Å². The molecule has 1 saturated heterocycles. The number of sulfonamides is 1. The van der Waals surface area contributed by atoms with E-state index in [1.807, 2.05) is 38.1 Å². The van der Waals surface area contributed by atoms with Crippen molar-refractivity contribution < 1.29 is 22.7 Å². The van der Waals surface area contributed by atoms with Gasteiger partial charge >= 0.3 is 0 Å². The van der Waals surface area contributed by atoms with Crippen molar-refractivity contribution in [3.05, 3.63) is 54.1 Å². The summed E-state index contributed by atoms with van der Waals surface area (Å²) >= 11 is 0. The fourth-order valence-electron chi connectivity index (χ4n) is 3.30. The first kappa shape index (κ1) is 22.1. The van der Waals surface area contributed by atoms with Gasteiger partial charge in [0.15, 0.2) is 18.1 Å². The molecule has 1 fully saturated rings. The van der Waals surface area contributed by atoms with Crippen LogP contribution in [-0.4, -0.2) is 62.9 Å². The number of carbonyl (C=O) groups excluding carboxylic acids is 1. The van der Waals surface area contributed by atoms with E-state index < -0.39 is 10.0 Å². The topological polar surface area (TPSA) is 76.2 Å². The van der Waals surface area contributed by atoms with Gasteiger partial charge in [-0.15, -0.1) is 0 Å². The second-order valence-electron chi connectivity index (χ2n) is 6.95. The van der Waals surface area contributed by atoms with E-state index in [1.165, 1.54) is 4.31 Å². The van der Waals surface area contributed by atoms with E-state index in [0.29, 0.717) is 31.2 Å². The molecule has 2 aromatic rings. The van der Waals surface area contributed by atoms with Gasteiger partial charge in [-0.25, -0.2) is 8.42 Å². The number of hydrogen-bond donors (Lipinski definition) is 0. The van der Waals surface area contributed by atoms with Crippen LogP contribution in [0.25, 0.3) is 0 Å². The summed E-state index contributed by atoms with van der Waals surface area (Å²) in [5, 5.41) is 0. The molecule has 0 aliphatic carbocycles. The zero-order valence-electron chi connectivity index (χ0n) is 17.4. The van der Waals surface area contributed by atoms with Crippen LogP contribution in [0.4, 0.5) is 0 Å². The first-order valence-corrected chi connectivity index (χ1v) is 11.6. The van der Waals surface area contributed by atoms with Gasteiger partial charge in [0.25, 0.3) is 5.91 Å². The minimum atomic E-state index is -3.56. The highest BCUT2D eigenvalue weighted by Crippen LogP contribution is 2.26. The Labute approximate surface area is 178 Å². The first-order chi connectivity index (χ1) is 14.5. The lowest BCUT2D eigenvalue weighted by Crippen LogP contribution is -2.51. The molecule has 2 aromatic carbocycles. The smallest absolute Gasteiger partial charge is 0.260 e. The maximum Gasteiger partial charge on any atom is 0.260 e. The van der Waals surface area contributed by atoms with Gasteiger partial charge in [-0.2, -0.15) is 4.31 Å². The van der Waals surface area contributed by atoms with Gasteiger partial charge in [0.05, 0.1) is 11.5 Å². The van der Waals surface area contributed by atoms with E-state index in [1.54, 1.807) is 29.2 Å². The maximum atomic E-state index is 12.9. The number of ether oxygens (including phenoxy) is 2. The van der Waals surface area contributed by atoms with E-state index in [2.05, 4.69) is 0 Å². The Kier molecular flexibility index (Phi) is 7.33. The Morgan fingerprint density at radius 2 is 1.50 bits per heavy atom. The molecule has 1 amide bonds. The maximum absolute atomic E-state index is 12.9. The summed E-state index contributed by atoms with van der Waals surface area (Å²) in [5.74, 6) is 0.938. The second kappa shape index (κ2) is 9.95. The molecule has 1 aliphatic rings. The molecule has 0 N–H and O–H groups in total. The van der Waals surface area contributed by atoms with Gasteiger partial charge in [0.1, 0.15) is 0 Å². The Bertz CT molecular complexity index is 952. The van der Waals surface area contributed by atoms with Crippen LogP contribution in [0.3, 0.4) is 0 Å². The summed E-state index contributed by atoms with van der Waals surface area (Å²) < 4.78 is 38.3. The van der Waals surface area contributed by atoms with Crippen LogP contribution in [0, 0.1) is 0 Å². The summed E-state index contributed by atoms with van der Waals surface area (Å²) in [5.41, 5.74) is 1.09. The lowest BCUT2D eigenvalue weighted by molar-refractivity contribution is -0.134. The number of carbonyl (C=O) groups is 1. The fourth-order valence-corrected chi connectivity index (χ4v) is 4.72. The number of benzene rings is 2. The third kappa shape index (κ3) is 5.12. The molecule has 162 valence electrons. The minimum absolute atomic E-state index is 0.116. The Balaban J connectivity index is 1.55. The van der Waals surface area contributed by atoms with E-state index >= 15 is 0 Å². The second-order valence-corrected chi connectivity index (χ2v) is 8.89. The number of hydrogen-bond acceptors (Lipinski definition) is 5. The number of aryl methyl sites for hydroxylation is 1. The predicted octanol–water partition coefficient (Wildman–Crippen LogP) is 2.56. The lowest BCUT2D eigenvalue weighted by atomic mass is 10.2. The monoisotopic (exact) mass is 432 g/mol. The van der Waals surface area contributed by atoms with Crippen LogP contribution in [0.1, 0.15) is 19.4 Å². The average Bonchev–Trinajstić information content (AvgIpc) is 2.78. The molecule has 8 heteroatoms. The molecule has 0 saturated carbocycles. The van der Waals surface area contributed by atoms with Crippen LogP contribution in [0.15, 0.2) is 53.4 Å². The Morgan fingerprint density at radius 1 is 0.900 bits per heavy atom. The van der Waals surface area contributed by atoms with Crippen molar-refractivity contribution in [2.24, 2.45) is 0 Å². The molecule has 30 heavy (non-hydrogen) atoms. The molecule has 0 unspecified atom stereocenters. The van der Waals surface area contributed by atoms with Gasteiger partial charge in [-0.1, -0.05) is 31.2 Å². The molecule has 0 atom stereocenters. The fraction of sp³-hybridized carbons (Fsp3) is 0.409. The largest absolute Gasteiger partial charge is 0.490 e. The molecule has 1 aliphatic heterocycles. The number of amides is 1. The van der Waals surface area contributed by atoms with Gasteiger partial charge in [-0.05, 0) is 43.2 Å². The van der Waals surface area contributed by atoms with Crippen molar-refractivity contribution in [1.29, 1.82) is 0 Å². The molecule has 0 aromatic heterocycles. The lowest BCUT2D eigenvalue weighted by Gasteiger charge is -2.34. The molecule has 3 rings (SSSR count). The normalized spacial score (nSPS) is 15.1. The molecular formula is C22H28N2O5S. The summed E-state index contributed by atoms with van der Waals surface area (Å²) in [6.45, 7) is 5.50. The minimum Gasteiger partial charge on any atom is -0.490 e. The van der Waals surface area contributed by atoms with Crippen LogP contribution >= 0.6 is 0 Å². The van der Waals surface area contributed by atoms with E-state index in [-0.39, 0.29) is 30.5 Å². The number of rotatable bonds is 8. The number of para-hydroxylation sites is 2. The van der Waals surface area contributed by atoms with E-state index in [0.717, 1.165) is 12.0 Å². The summed E-state index contributed by atoms with van der Waals surface area (Å²) in [4.78, 5) is 14.5. The van der Waals surface area contributed by atoms with Crippen molar-refractivity contribution in [3.63, 3.8) is 0 Å². The van der Waals surface area contributed by atoms with Crippen molar-refractivity contribution in [2.45, 2.75) is 25.2 Å². The van der Waals surface area contributed by atoms with Crippen LogP contribution in [0.2, 0.25) is 0 Å². The van der Waals surface area contributed by atoms with Crippen LogP contribution in [0.5, 0.6) is 11.5 Å². The first-order valence-electron chi connectivity index (χ1n) is 10.2. The Morgan fingerprint density at radius 3 is 2.07 bits per heavy atom. The molecule has 0 spiro atoms. The summed E-state index contributed by atoms with van der Waals surface area (Å²) in [6, 6.07) is 14.2.